The number of nitrogens with one attached hydrogen (secondary N) is 1. The fraction of sp³-hybridized carbons (Fsp3) is 0.611. The van der Waals surface area contributed by atoms with Gasteiger partial charge in [0, 0.05) is 18.7 Å². The van der Waals surface area contributed by atoms with E-state index in [1.165, 1.54) is 31.7 Å². The van der Waals surface area contributed by atoms with Gasteiger partial charge in [0.15, 0.2) is 0 Å². The lowest BCUT2D eigenvalue weighted by atomic mass is 9.94. The summed E-state index contributed by atoms with van der Waals surface area (Å²) >= 11 is 0. The summed E-state index contributed by atoms with van der Waals surface area (Å²) in [6, 6.07) is 6.61. The molecule has 0 heterocycles. The zero-order valence-corrected chi connectivity index (χ0v) is 12.9. The van der Waals surface area contributed by atoms with Gasteiger partial charge in [-0.25, -0.2) is 4.39 Å². The highest BCUT2D eigenvalue weighted by atomic mass is 19.1. The molecule has 3 nitrogen and oxygen atoms in total. The zero-order chi connectivity index (χ0) is 15.4. The molecule has 2 aliphatic rings. The van der Waals surface area contributed by atoms with E-state index in [1.54, 1.807) is 18.2 Å². The maximum atomic E-state index is 13.9. The lowest BCUT2D eigenvalue weighted by molar-refractivity contribution is -0.123. The topological polar surface area (TPSA) is 38.3 Å². The van der Waals surface area contributed by atoms with Crippen molar-refractivity contribution < 1.29 is 13.9 Å². The number of halogens is 1. The average Bonchev–Trinajstić information content (AvgIpc) is 3.17. The Kier molecular flexibility index (Phi) is 4.77. The Morgan fingerprint density at radius 1 is 1.27 bits per heavy atom. The van der Waals surface area contributed by atoms with Gasteiger partial charge in [-0.15, -0.1) is 0 Å². The molecule has 0 aliphatic heterocycles. The van der Waals surface area contributed by atoms with Crippen LogP contribution in [0.15, 0.2) is 24.3 Å². The van der Waals surface area contributed by atoms with Crippen molar-refractivity contribution in [1.29, 1.82) is 0 Å². The van der Waals surface area contributed by atoms with Gasteiger partial charge in [0.1, 0.15) is 5.82 Å². The van der Waals surface area contributed by atoms with Gasteiger partial charge in [0.25, 0.3) is 0 Å². The van der Waals surface area contributed by atoms with Gasteiger partial charge in [-0.3, -0.25) is 4.79 Å². The smallest absolute Gasteiger partial charge is 0.230 e. The average molecular weight is 305 g/mol. The highest BCUT2D eigenvalue weighted by Crippen LogP contribution is 2.49. The van der Waals surface area contributed by atoms with Crippen LogP contribution in [0, 0.1) is 5.82 Å². The number of benzene rings is 1. The molecule has 0 saturated heterocycles. The third kappa shape index (κ3) is 3.32. The van der Waals surface area contributed by atoms with Crippen LogP contribution >= 0.6 is 0 Å². The quantitative estimate of drug-likeness (QED) is 0.785. The van der Waals surface area contributed by atoms with Crippen molar-refractivity contribution in [2.45, 2.75) is 56.5 Å². The molecule has 0 atom stereocenters. The minimum Gasteiger partial charge on any atom is -0.378 e. The lowest BCUT2D eigenvalue weighted by Gasteiger charge is -2.17. The fourth-order valence-electron chi connectivity index (χ4n) is 3.34. The number of carbonyl (C=O) groups is 1. The summed E-state index contributed by atoms with van der Waals surface area (Å²) in [5, 5.41) is 2.95. The molecule has 1 aromatic rings. The van der Waals surface area contributed by atoms with E-state index in [2.05, 4.69) is 5.32 Å². The third-order valence-corrected chi connectivity index (χ3v) is 4.84. The van der Waals surface area contributed by atoms with Gasteiger partial charge < -0.3 is 10.1 Å². The Bertz CT molecular complexity index is 522. The summed E-state index contributed by atoms with van der Waals surface area (Å²) in [6.45, 7) is 1.29. The van der Waals surface area contributed by atoms with E-state index in [0.717, 1.165) is 19.3 Å². The molecule has 2 saturated carbocycles. The molecule has 0 bridgehead atoms. The van der Waals surface area contributed by atoms with Crippen LogP contribution in [0.25, 0.3) is 0 Å². The molecule has 120 valence electrons. The van der Waals surface area contributed by atoms with E-state index in [4.69, 9.17) is 4.74 Å². The summed E-state index contributed by atoms with van der Waals surface area (Å²) in [6.07, 6.45) is 7.58. The van der Waals surface area contributed by atoms with Crippen molar-refractivity contribution in [1.82, 2.24) is 5.32 Å². The first-order chi connectivity index (χ1) is 10.7. The summed E-state index contributed by atoms with van der Waals surface area (Å²) in [7, 11) is 0. The summed E-state index contributed by atoms with van der Waals surface area (Å²) in [4.78, 5) is 12.4. The Labute approximate surface area is 131 Å². The van der Waals surface area contributed by atoms with E-state index in [1.807, 2.05) is 0 Å². The Morgan fingerprint density at radius 3 is 2.68 bits per heavy atom. The standard InChI is InChI=1S/C18H24FNO2/c19-16-9-4-3-8-15(16)18(10-11-18)17(21)20-12-5-13-22-14-6-1-2-7-14/h3-4,8-9,14H,1-2,5-7,10-13H2,(H,20,21). The third-order valence-electron chi connectivity index (χ3n) is 4.84. The number of rotatable bonds is 7. The number of hydrogen-bond acceptors (Lipinski definition) is 2. The summed E-state index contributed by atoms with van der Waals surface area (Å²) < 4.78 is 19.7. The molecule has 3 rings (SSSR count). The van der Waals surface area contributed by atoms with Crippen LogP contribution in [0.3, 0.4) is 0 Å². The van der Waals surface area contributed by atoms with E-state index in [9.17, 15) is 9.18 Å². The number of ether oxygens (including phenoxy) is 1. The molecular formula is C18H24FNO2. The molecule has 2 aliphatic carbocycles. The van der Waals surface area contributed by atoms with E-state index in [0.29, 0.717) is 24.8 Å². The van der Waals surface area contributed by atoms with Crippen LogP contribution in [0.4, 0.5) is 4.39 Å². The maximum Gasteiger partial charge on any atom is 0.230 e. The van der Waals surface area contributed by atoms with Gasteiger partial charge in [-0.05, 0) is 38.2 Å². The van der Waals surface area contributed by atoms with Crippen molar-refractivity contribution in [2.75, 3.05) is 13.2 Å². The minimum atomic E-state index is -0.627. The van der Waals surface area contributed by atoms with Crippen molar-refractivity contribution in [3.05, 3.63) is 35.6 Å². The van der Waals surface area contributed by atoms with Crippen LogP contribution in [0.1, 0.15) is 50.5 Å². The van der Waals surface area contributed by atoms with E-state index < -0.39 is 5.41 Å². The number of amides is 1. The van der Waals surface area contributed by atoms with Crippen molar-refractivity contribution in [3.8, 4) is 0 Å². The molecule has 4 heteroatoms. The van der Waals surface area contributed by atoms with Crippen LogP contribution in [-0.2, 0) is 14.9 Å². The highest BCUT2D eigenvalue weighted by molar-refractivity contribution is 5.91. The minimum absolute atomic E-state index is 0.0431. The molecule has 1 N–H and O–H groups in total. The largest absolute Gasteiger partial charge is 0.378 e. The van der Waals surface area contributed by atoms with Crippen molar-refractivity contribution in [2.24, 2.45) is 0 Å². The van der Waals surface area contributed by atoms with E-state index in [-0.39, 0.29) is 11.7 Å². The van der Waals surface area contributed by atoms with Gasteiger partial charge >= 0.3 is 0 Å². The first kappa shape index (κ1) is 15.5. The van der Waals surface area contributed by atoms with Crippen molar-refractivity contribution in [3.63, 3.8) is 0 Å². The Hall–Kier alpha value is -1.42. The Balaban J connectivity index is 1.43. The zero-order valence-electron chi connectivity index (χ0n) is 12.9. The first-order valence-electron chi connectivity index (χ1n) is 8.37. The molecule has 0 unspecified atom stereocenters. The number of hydrogen-bond donors (Lipinski definition) is 1. The molecular weight excluding hydrogens is 281 g/mol. The molecule has 0 radical (unpaired) electrons. The van der Waals surface area contributed by atoms with Gasteiger partial charge in [-0.1, -0.05) is 31.0 Å². The monoisotopic (exact) mass is 305 g/mol. The second-order valence-electron chi connectivity index (χ2n) is 6.45. The second kappa shape index (κ2) is 6.78. The van der Waals surface area contributed by atoms with Gasteiger partial charge in [0.2, 0.25) is 5.91 Å². The second-order valence-corrected chi connectivity index (χ2v) is 6.45. The van der Waals surface area contributed by atoms with Crippen LogP contribution in [0.2, 0.25) is 0 Å². The summed E-state index contributed by atoms with van der Waals surface area (Å²) in [5.74, 6) is -0.321. The molecule has 1 aromatic carbocycles. The van der Waals surface area contributed by atoms with Gasteiger partial charge in [0.05, 0.1) is 11.5 Å². The maximum absolute atomic E-state index is 13.9. The number of carbonyl (C=O) groups excluding carboxylic acids is 1. The first-order valence-corrected chi connectivity index (χ1v) is 8.37. The molecule has 1 amide bonds. The predicted molar refractivity (Wildman–Crippen MR) is 83.1 cm³/mol. The van der Waals surface area contributed by atoms with Crippen molar-refractivity contribution >= 4 is 5.91 Å². The Morgan fingerprint density at radius 2 is 2.00 bits per heavy atom. The predicted octanol–water partition coefficient (Wildman–Crippen LogP) is 3.32. The SMILES string of the molecule is O=C(NCCCOC1CCCC1)C1(c2ccccc2F)CC1. The fourth-order valence-corrected chi connectivity index (χ4v) is 3.34. The molecule has 0 aromatic heterocycles. The molecule has 2 fully saturated rings. The normalized spacial score (nSPS) is 20.0. The van der Waals surface area contributed by atoms with Crippen LogP contribution in [0.5, 0.6) is 0 Å². The van der Waals surface area contributed by atoms with Crippen LogP contribution < -0.4 is 5.32 Å². The molecule has 22 heavy (non-hydrogen) atoms. The van der Waals surface area contributed by atoms with E-state index >= 15 is 0 Å². The highest BCUT2D eigenvalue weighted by Gasteiger charge is 2.52. The van der Waals surface area contributed by atoms with Gasteiger partial charge in [-0.2, -0.15) is 0 Å². The lowest BCUT2D eigenvalue weighted by Crippen LogP contribution is -2.36. The molecule has 0 spiro atoms. The summed E-state index contributed by atoms with van der Waals surface area (Å²) in [5.41, 5.74) is -0.0906. The van der Waals surface area contributed by atoms with Crippen LogP contribution in [-0.4, -0.2) is 25.2 Å².